The molecule has 0 aliphatic rings. The fourth-order valence-electron chi connectivity index (χ4n) is 2.46. The monoisotopic (exact) mass is 356 g/mol. The molecule has 138 valence electrons. The minimum Gasteiger partial charge on any atom is -0.251 e. The van der Waals surface area contributed by atoms with Gasteiger partial charge in [-0.25, -0.2) is 4.98 Å². The normalized spacial score (nSPS) is 10.8. The van der Waals surface area contributed by atoms with Gasteiger partial charge in [-0.05, 0) is 75.1 Å². The average Bonchev–Trinajstić information content (AvgIpc) is 2.66. The van der Waals surface area contributed by atoms with Gasteiger partial charge in [0.05, 0.1) is 22.8 Å². The second-order valence-electron chi connectivity index (χ2n) is 6.76. The zero-order valence-electron chi connectivity index (χ0n) is 17.0. The highest BCUT2D eigenvalue weighted by atomic mass is 14.8. The average molecular weight is 357 g/mol. The molecule has 27 heavy (non-hydrogen) atoms. The number of para-hydroxylation sites is 1. The van der Waals surface area contributed by atoms with E-state index in [0.717, 1.165) is 33.9 Å². The summed E-state index contributed by atoms with van der Waals surface area (Å²) in [5, 5.41) is 0. The number of rotatable bonds is 3. The van der Waals surface area contributed by atoms with Crippen LogP contribution in [0.3, 0.4) is 0 Å². The van der Waals surface area contributed by atoms with Crippen LogP contribution in [0.2, 0.25) is 0 Å². The molecule has 1 aromatic heterocycles. The maximum Gasteiger partial charge on any atom is 0.0849 e. The second kappa shape index (κ2) is 9.63. The van der Waals surface area contributed by atoms with E-state index in [1.807, 2.05) is 50.2 Å². The zero-order valence-corrected chi connectivity index (χ0v) is 17.0. The van der Waals surface area contributed by atoms with Crippen LogP contribution < -0.4 is 0 Å². The van der Waals surface area contributed by atoms with E-state index < -0.39 is 0 Å². The van der Waals surface area contributed by atoms with Gasteiger partial charge in [0.1, 0.15) is 0 Å². The van der Waals surface area contributed by atoms with Gasteiger partial charge in [-0.2, -0.15) is 0 Å². The summed E-state index contributed by atoms with van der Waals surface area (Å²) in [6, 6.07) is 22.4. The number of aliphatic imine (C=N–C) groups is 1. The molecule has 1 heterocycles. The Morgan fingerprint density at radius 3 is 1.74 bits per heavy atom. The maximum atomic E-state index is 4.65. The number of aryl methyl sites for hydroxylation is 3. The molecule has 0 spiro atoms. The van der Waals surface area contributed by atoms with Crippen molar-refractivity contribution in [1.29, 1.82) is 0 Å². The number of pyridine rings is 1. The number of aromatic nitrogens is 1. The smallest absolute Gasteiger partial charge is 0.0849 e. The van der Waals surface area contributed by atoms with E-state index in [2.05, 4.69) is 67.7 Å². The van der Waals surface area contributed by atoms with Crippen LogP contribution in [-0.4, -0.2) is 10.7 Å². The van der Waals surface area contributed by atoms with Crippen molar-refractivity contribution in [3.8, 4) is 0 Å². The maximum absolute atomic E-state index is 4.65. The molecule has 2 nitrogen and oxygen atoms in total. The zero-order chi connectivity index (χ0) is 19.8. The molecule has 0 saturated carbocycles. The van der Waals surface area contributed by atoms with Crippen LogP contribution in [-0.2, 0) is 0 Å². The SMILES string of the molecule is C=C(C)c1cccc(C(C)=Nc2ccccc2C)n1.Cc1ccccc1C. The van der Waals surface area contributed by atoms with Gasteiger partial charge < -0.3 is 0 Å². The van der Waals surface area contributed by atoms with Crippen molar-refractivity contribution in [2.75, 3.05) is 0 Å². The van der Waals surface area contributed by atoms with E-state index in [4.69, 9.17) is 0 Å². The first-order chi connectivity index (χ1) is 12.9. The molecule has 0 aliphatic carbocycles. The summed E-state index contributed by atoms with van der Waals surface area (Å²) in [4.78, 5) is 9.22. The third kappa shape index (κ3) is 6.03. The third-order valence-electron chi connectivity index (χ3n) is 4.39. The lowest BCUT2D eigenvalue weighted by Crippen LogP contribution is -2.00. The van der Waals surface area contributed by atoms with Gasteiger partial charge in [0.2, 0.25) is 0 Å². The summed E-state index contributed by atoms with van der Waals surface area (Å²) in [5.74, 6) is 0. The summed E-state index contributed by atoms with van der Waals surface area (Å²) in [6.45, 7) is 14.2. The quantitative estimate of drug-likeness (QED) is 0.470. The predicted octanol–water partition coefficient (Wildman–Crippen LogP) is 6.87. The van der Waals surface area contributed by atoms with Crippen LogP contribution in [0.25, 0.3) is 5.57 Å². The number of hydrogen-bond donors (Lipinski definition) is 0. The first-order valence-electron chi connectivity index (χ1n) is 9.15. The Kier molecular flexibility index (Phi) is 7.25. The Labute approximate surface area is 163 Å². The Balaban J connectivity index is 0.000000273. The van der Waals surface area contributed by atoms with Crippen molar-refractivity contribution in [1.82, 2.24) is 4.98 Å². The van der Waals surface area contributed by atoms with E-state index in [1.165, 1.54) is 11.1 Å². The molecular weight excluding hydrogens is 328 g/mol. The van der Waals surface area contributed by atoms with E-state index in [1.54, 1.807) is 0 Å². The van der Waals surface area contributed by atoms with Gasteiger partial charge in [-0.15, -0.1) is 0 Å². The molecule has 0 unspecified atom stereocenters. The Morgan fingerprint density at radius 1 is 0.704 bits per heavy atom. The largest absolute Gasteiger partial charge is 0.251 e. The van der Waals surface area contributed by atoms with Gasteiger partial charge in [0.25, 0.3) is 0 Å². The van der Waals surface area contributed by atoms with Crippen LogP contribution in [0.4, 0.5) is 5.69 Å². The van der Waals surface area contributed by atoms with E-state index >= 15 is 0 Å². The fraction of sp³-hybridized carbons (Fsp3) is 0.200. The first-order valence-corrected chi connectivity index (χ1v) is 9.15. The Morgan fingerprint density at radius 2 is 1.22 bits per heavy atom. The van der Waals surface area contributed by atoms with Gasteiger partial charge >= 0.3 is 0 Å². The number of benzene rings is 2. The predicted molar refractivity (Wildman–Crippen MR) is 118 cm³/mol. The fourth-order valence-corrected chi connectivity index (χ4v) is 2.46. The number of nitrogens with zero attached hydrogens (tertiary/aromatic N) is 2. The Bertz CT molecular complexity index is 931. The molecule has 0 saturated heterocycles. The molecule has 0 N–H and O–H groups in total. The highest BCUT2D eigenvalue weighted by Crippen LogP contribution is 2.19. The van der Waals surface area contributed by atoms with E-state index in [9.17, 15) is 0 Å². The van der Waals surface area contributed by atoms with Crippen molar-refractivity contribution >= 4 is 17.0 Å². The van der Waals surface area contributed by atoms with Crippen LogP contribution in [0.5, 0.6) is 0 Å². The van der Waals surface area contributed by atoms with Crippen molar-refractivity contribution in [3.05, 3.63) is 101 Å². The van der Waals surface area contributed by atoms with Gasteiger partial charge in [0.15, 0.2) is 0 Å². The molecule has 0 aliphatic heterocycles. The molecule has 2 aromatic carbocycles. The molecule has 0 amide bonds. The van der Waals surface area contributed by atoms with Crippen molar-refractivity contribution in [2.24, 2.45) is 4.99 Å². The molecule has 2 heteroatoms. The van der Waals surface area contributed by atoms with Gasteiger partial charge in [0, 0.05) is 0 Å². The summed E-state index contributed by atoms with van der Waals surface area (Å²) in [7, 11) is 0. The summed E-state index contributed by atoms with van der Waals surface area (Å²) < 4.78 is 0. The molecular formula is C25H28N2. The minimum atomic E-state index is 0.892. The van der Waals surface area contributed by atoms with Crippen LogP contribution in [0.1, 0.15) is 41.9 Å². The van der Waals surface area contributed by atoms with E-state index in [0.29, 0.717) is 0 Å². The van der Waals surface area contributed by atoms with Crippen molar-refractivity contribution in [2.45, 2.75) is 34.6 Å². The van der Waals surface area contributed by atoms with Gasteiger partial charge in [-0.1, -0.05) is 55.1 Å². The highest BCUT2D eigenvalue weighted by molar-refractivity contribution is 5.99. The minimum absolute atomic E-state index is 0.892. The molecule has 0 atom stereocenters. The van der Waals surface area contributed by atoms with Crippen LogP contribution in [0.15, 0.2) is 78.3 Å². The second-order valence-corrected chi connectivity index (χ2v) is 6.76. The lowest BCUT2D eigenvalue weighted by atomic mass is 10.1. The highest BCUT2D eigenvalue weighted by Gasteiger charge is 2.03. The molecule has 0 fully saturated rings. The molecule has 0 bridgehead atoms. The van der Waals surface area contributed by atoms with E-state index in [-0.39, 0.29) is 0 Å². The standard InChI is InChI=1S/C17H18N2.C8H10/c1-12(2)15-10-7-11-17(19-15)14(4)18-16-9-6-5-8-13(16)3;1-7-5-3-4-6-8(7)2/h5-11H,1H2,2-4H3;3-6H,1-2H3. The topological polar surface area (TPSA) is 25.2 Å². The van der Waals surface area contributed by atoms with Crippen LogP contribution in [0, 0.1) is 20.8 Å². The lowest BCUT2D eigenvalue weighted by Gasteiger charge is -2.05. The summed E-state index contributed by atoms with van der Waals surface area (Å²) in [5.41, 5.74) is 8.57. The third-order valence-corrected chi connectivity index (χ3v) is 4.39. The molecule has 3 aromatic rings. The molecule has 3 rings (SSSR count). The lowest BCUT2D eigenvalue weighted by molar-refractivity contribution is 1.23. The van der Waals surface area contributed by atoms with Gasteiger partial charge in [-0.3, -0.25) is 4.99 Å². The van der Waals surface area contributed by atoms with Crippen LogP contribution >= 0.6 is 0 Å². The molecule has 0 radical (unpaired) electrons. The number of hydrogen-bond acceptors (Lipinski definition) is 2. The first kappa shape index (κ1) is 20.3. The number of allylic oxidation sites excluding steroid dienone is 1. The van der Waals surface area contributed by atoms with Crippen molar-refractivity contribution in [3.63, 3.8) is 0 Å². The summed E-state index contributed by atoms with van der Waals surface area (Å²) >= 11 is 0. The summed E-state index contributed by atoms with van der Waals surface area (Å²) in [6.07, 6.45) is 0. The Hall–Kier alpha value is -3.00. The van der Waals surface area contributed by atoms with Crippen molar-refractivity contribution < 1.29 is 0 Å².